The zero-order chi connectivity index (χ0) is 13.1. The number of nitrogens with zero attached hydrogens (tertiary/aromatic N) is 1. The highest BCUT2D eigenvalue weighted by atomic mass is 32.2. The van der Waals surface area contributed by atoms with Crippen LogP contribution in [0.25, 0.3) is 0 Å². The molecule has 4 N–H and O–H groups in total. The van der Waals surface area contributed by atoms with Gasteiger partial charge in [-0.05, 0) is 6.42 Å². The summed E-state index contributed by atoms with van der Waals surface area (Å²) in [6.07, 6.45) is 1.76. The average molecular weight is 260 g/mol. The molecule has 0 atom stereocenters. The van der Waals surface area contributed by atoms with Gasteiger partial charge in [-0.2, -0.15) is 5.10 Å². The molecule has 1 rings (SSSR count). The molecule has 0 saturated carbocycles. The molecule has 0 fully saturated rings. The van der Waals surface area contributed by atoms with Crippen LogP contribution in [-0.4, -0.2) is 43.1 Å². The van der Waals surface area contributed by atoms with Gasteiger partial charge in [-0.15, -0.1) is 0 Å². The fraction of sp³-hybridized carbons (Fsp3) is 0.556. The number of H-pyrrole nitrogens is 1. The van der Waals surface area contributed by atoms with Crippen LogP contribution in [0.5, 0.6) is 0 Å². The first-order valence-corrected chi connectivity index (χ1v) is 7.19. The zero-order valence-electron chi connectivity index (χ0n) is 9.78. The van der Waals surface area contributed by atoms with Crippen LogP contribution >= 0.6 is 0 Å². The van der Waals surface area contributed by atoms with Gasteiger partial charge >= 0.3 is 0 Å². The van der Waals surface area contributed by atoms with E-state index < -0.39 is 15.7 Å². The maximum absolute atomic E-state index is 11.6. The lowest BCUT2D eigenvalue weighted by atomic mass is 10.2. The van der Waals surface area contributed by atoms with Gasteiger partial charge in [0.15, 0.2) is 5.69 Å². The number of aryl methyl sites for hydroxylation is 1. The van der Waals surface area contributed by atoms with Crippen LogP contribution in [0.2, 0.25) is 0 Å². The normalized spacial score (nSPS) is 11.4. The Labute approximate surface area is 99.7 Å². The van der Waals surface area contributed by atoms with Crippen molar-refractivity contribution in [3.8, 4) is 0 Å². The Morgan fingerprint density at radius 1 is 1.53 bits per heavy atom. The third-order valence-electron chi connectivity index (χ3n) is 2.21. The van der Waals surface area contributed by atoms with Gasteiger partial charge < -0.3 is 11.1 Å². The summed E-state index contributed by atoms with van der Waals surface area (Å²) in [6.45, 7) is 1.93. The van der Waals surface area contributed by atoms with E-state index in [0.717, 1.165) is 6.26 Å². The van der Waals surface area contributed by atoms with Crippen LogP contribution in [0, 0.1) is 0 Å². The predicted molar refractivity (Wildman–Crippen MR) is 64.4 cm³/mol. The van der Waals surface area contributed by atoms with E-state index in [2.05, 4.69) is 15.5 Å². The van der Waals surface area contributed by atoms with Gasteiger partial charge in [0.25, 0.3) is 5.91 Å². The Hall–Kier alpha value is -1.57. The minimum absolute atomic E-state index is 0.0470. The quantitative estimate of drug-likeness (QED) is 0.649. The Kier molecular flexibility index (Phi) is 4.11. The molecule has 0 spiro atoms. The summed E-state index contributed by atoms with van der Waals surface area (Å²) < 4.78 is 21.7. The molecule has 1 amide bonds. The third-order valence-corrected chi connectivity index (χ3v) is 3.16. The molecule has 1 aromatic heterocycles. The number of hydrogen-bond donors (Lipinski definition) is 3. The minimum atomic E-state index is -3.09. The lowest BCUT2D eigenvalue weighted by Crippen LogP contribution is -2.29. The second-order valence-corrected chi connectivity index (χ2v) is 5.96. The van der Waals surface area contributed by atoms with Gasteiger partial charge in [-0.25, -0.2) is 8.42 Å². The van der Waals surface area contributed by atoms with Crippen LogP contribution in [0.1, 0.15) is 23.1 Å². The number of carbonyl (C=O) groups is 1. The third kappa shape index (κ3) is 3.74. The second kappa shape index (κ2) is 5.17. The summed E-state index contributed by atoms with van der Waals surface area (Å²) in [5.74, 6) is -0.578. The van der Waals surface area contributed by atoms with Crippen LogP contribution < -0.4 is 11.1 Å². The highest BCUT2D eigenvalue weighted by Gasteiger charge is 2.16. The van der Waals surface area contributed by atoms with Crippen LogP contribution in [0.4, 0.5) is 5.69 Å². The number of sulfone groups is 1. The maximum Gasteiger partial charge on any atom is 0.273 e. The van der Waals surface area contributed by atoms with Crippen molar-refractivity contribution >= 4 is 21.4 Å². The van der Waals surface area contributed by atoms with Crippen LogP contribution in [0.15, 0.2) is 0 Å². The molecule has 0 aliphatic heterocycles. The number of rotatable bonds is 5. The number of anilines is 1. The van der Waals surface area contributed by atoms with Crippen molar-refractivity contribution in [1.82, 2.24) is 15.5 Å². The zero-order valence-corrected chi connectivity index (χ0v) is 10.6. The highest BCUT2D eigenvalue weighted by Crippen LogP contribution is 2.13. The average Bonchev–Trinajstić information content (AvgIpc) is 2.57. The molecule has 0 aliphatic carbocycles. The molecule has 1 heterocycles. The summed E-state index contributed by atoms with van der Waals surface area (Å²) in [7, 11) is -3.09. The summed E-state index contributed by atoms with van der Waals surface area (Å²) >= 11 is 0. The van der Waals surface area contributed by atoms with Crippen molar-refractivity contribution in [2.45, 2.75) is 13.3 Å². The molecular formula is C9H16N4O3S. The number of nitrogens with two attached hydrogens (primary N) is 1. The van der Waals surface area contributed by atoms with E-state index in [0.29, 0.717) is 17.8 Å². The monoisotopic (exact) mass is 260 g/mol. The topological polar surface area (TPSA) is 118 Å². The predicted octanol–water partition coefficient (Wildman–Crippen LogP) is -0.671. The van der Waals surface area contributed by atoms with Crippen molar-refractivity contribution in [1.29, 1.82) is 0 Å². The van der Waals surface area contributed by atoms with Crippen molar-refractivity contribution in [2.75, 3.05) is 24.3 Å². The van der Waals surface area contributed by atoms with Crippen molar-refractivity contribution in [3.05, 3.63) is 11.4 Å². The molecule has 96 valence electrons. The molecule has 0 aliphatic rings. The Bertz CT molecular complexity index is 506. The molecule has 17 heavy (non-hydrogen) atoms. The van der Waals surface area contributed by atoms with E-state index in [4.69, 9.17) is 5.73 Å². The van der Waals surface area contributed by atoms with Crippen LogP contribution in [0.3, 0.4) is 0 Å². The van der Waals surface area contributed by atoms with Crippen molar-refractivity contribution in [3.63, 3.8) is 0 Å². The van der Waals surface area contributed by atoms with Gasteiger partial charge in [0.1, 0.15) is 9.84 Å². The molecule has 0 bridgehead atoms. The van der Waals surface area contributed by atoms with E-state index in [1.807, 2.05) is 6.92 Å². The molecule has 0 unspecified atom stereocenters. The maximum atomic E-state index is 11.6. The van der Waals surface area contributed by atoms with Gasteiger partial charge in [0.05, 0.1) is 17.1 Å². The molecule has 7 nitrogen and oxygen atoms in total. The van der Waals surface area contributed by atoms with Gasteiger partial charge in [0, 0.05) is 12.8 Å². The first kappa shape index (κ1) is 13.5. The van der Waals surface area contributed by atoms with E-state index in [-0.39, 0.29) is 18.0 Å². The summed E-state index contributed by atoms with van der Waals surface area (Å²) in [5.41, 5.74) is 6.81. The molecule has 8 heteroatoms. The van der Waals surface area contributed by atoms with Crippen molar-refractivity contribution in [2.24, 2.45) is 0 Å². The number of nitrogens with one attached hydrogen (secondary N) is 2. The van der Waals surface area contributed by atoms with Gasteiger partial charge in [-0.3, -0.25) is 9.89 Å². The minimum Gasteiger partial charge on any atom is -0.395 e. The number of hydrogen-bond acceptors (Lipinski definition) is 5. The number of amides is 1. The highest BCUT2D eigenvalue weighted by molar-refractivity contribution is 7.90. The fourth-order valence-electron chi connectivity index (χ4n) is 1.26. The fourth-order valence-corrected chi connectivity index (χ4v) is 1.74. The first-order valence-electron chi connectivity index (χ1n) is 5.13. The number of nitrogen functional groups attached to an aromatic ring is 1. The van der Waals surface area contributed by atoms with Gasteiger partial charge in [-0.1, -0.05) is 6.92 Å². The summed E-state index contributed by atoms with van der Waals surface area (Å²) in [4.78, 5) is 11.6. The van der Waals surface area contributed by atoms with Crippen molar-refractivity contribution < 1.29 is 13.2 Å². The second-order valence-electron chi connectivity index (χ2n) is 3.70. The summed E-state index contributed by atoms with van der Waals surface area (Å²) in [6, 6.07) is 0. The standard InChI is InChI=1S/C9H16N4O3S/c1-3-6-7(10)8(13-12-6)9(14)11-4-5-17(2,15)16/h3-5,10H2,1-2H3,(H,11,14)(H,12,13). The van der Waals surface area contributed by atoms with Crippen LogP contribution in [-0.2, 0) is 16.3 Å². The lowest BCUT2D eigenvalue weighted by molar-refractivity contribution is 0.0952. The number of aromatic nitrogens is 2. The molecular weight excluding hydrogens is 244 g/mol. The molecule has 0 radical (unpaired) electrons. The lowest BCUT2D eigenvalue weighted by Gasteiger charge is -2.02. The number of aromatic amines is 1. The SMILES string of the molecule is CCc1[nH]nc(C(=O)NCCS(C)(=O)=O)c1N. The Morgan fingerprint density at radius 3 is 2.65 bits per heavy atom. The van der Waals surface area contributed by atoms with Gasteiger partial charge in [0.2, 0.25) is 0 Å². The molecule has 0 saturated heterocycles. The first-order chi connectivity index (χ1) is 7.85. The van der Waals surface area contributed by atoms with E-state index in [9.17, 15) is 13.2 Å². The Balaban J connectivity index is 2.61. The summed E-state index contributed by atoms with van der Waals surface area (Å²) in [5, 5.41) is 8.90. The van der Waals surface area contributed by atoms with E-state index in [1.165, 1.54) is 0 Å². The molecule has 0 aromatic carbocycles. The Morgan fingerprint density at radius 2 is 2.18 bits per heavy atom. The number of carbonyl (C=O) groups excluding carboxylic acids is 1. The smallest absolute Gasteiger partial charge is 0.273 e. The van der Waals surface area contributed by atoms with E-state index >= 15 is 0 Å². The largest absolute Gasteiger partial charge is 0.395 e. The molecule has 1 aromatic rings. The van der Waals surface area contributed by atoms with E-state index in [1.54, 1.807) is 0 Å².